The minimum Gasteiger partial charge on any atom is -0.383 e. The molecular weight excluding hydrogens is 214 g/mol. The summed E-state index contributed by atoms with van der Waals surface area (Å²) in [4.78, 5) is 0. The van der Waals surface area contributed by atoms with Crippen LogP contribution in [-0.4, -0.2) is 30.0 Å². The van der Waals surface area contributed by atoms with Crippen molar-refractivity contribution in [3.63, 3.8) is 0 Å². The average molecular weight is 234 g/mol. The number of rotatable bonds is 6. The van der Waals surface area contributed by atoms with Crippen LogP contribution in [0.1, 0.15) is 18.2 Å². The van der Waals surface area contributed by atoms with Crippen LogP contribution in [-0.2, 0) is 17.8 Å². The molecule has 0 amide bonds. The van der Waals surface area contributed by atoms with Gasteiger partial charge in [0.15, 0.2) is 0 Å². The number of hydrogen-bond donors (Lipinski definition) is 1. The number of ether oxygens (including phenoxy) is 1. The van der Waals surface area contributed by atoms with Crippen LogP contribution in [0.15, 0.2) is 6.20 Å². The monoisotopic (exact) mass is 233 g/mol. The molecule has 0 bridgehead atoms. The zero-order chi connectivity index (χ0) is 10.4. The van der Waals surface area contributed by atoms with Gasteiger partial charge in [0.05, 0.1) is 18.5 Å². The Morgan fingerprint density at radius 1 is 1.53 bits per heavy atom. The van der Waals surface area contributed by atoms with E-state index in [2.05, 4.69) is 24.3 Å². The summed E-state index contributed by atoms with van der Waals surface area (Å²) in [5.74, 6) is 0. The van der Waals surface area contributed by atoms with Crippen molar-refractivity contribution >= 4 is 12.4 Å². The molecule has 1 rings (SSSR count). The molecule has 1 N–H and O–H groups in total. The summed E-state index contributed by atoms with van der Waals surface area (Å²) in [6.07, 6.45) is 1.91. The molecular formula is C10H20ClN3O. The third-order valence-corrected chi connectivity index (χ3v) is 2.23. The van der Waals surface area contributed by atoms with Crippen LogP contribution in [0.3, 0.4) is 0 Å². The highest BCUT2D eigenvalue weighted by molar-refractivity contribution is 5.85. The van der Waals surface area contributed by atoms with E-state index in [9.17, 15) is 0 Å². The summed E-state index contributed by atoms with van der Waals surface area (Å²) in [5.41, 5.74) is 2.51. The minimum atomic E-state index is 0. The summed E-state index contributed by atoms with van der Waals surface area (Å²) >= 11 is 0. The van der Waals surface area contributed by atoms with Crippen molar-refractivity contribution < 1.29 is 4.74 Å². The van der Waals surface area contributed by atoms with E-state index >= 15 is 0 Å². The first-order valence-corrected chi connectivity index (χ1v) is 5.00. The summed E-state index contributed by atoms with van der Waals surface area (Å²) in [7, 11) is 1.71. The molecule has 0 aliphatic rings. The Kier molecular flexibility index (Phi) is 7.38. The zero-order valence-corrected chi connectivity index (χ0v) is 10.4. The molecule has 1 aromatic heterocycles. The topological polar surface area (TPSA) is 39.1 Å². The number of aryl methyl sites for hydroxylation is 2. The van der Waals surface area contributed by atoms with Crippen LogP contribution in [0.5, 0.6) is 0 Å². The molecule has 5 heteroatoms. The van der Waals surface area contributed by atoms with Gasteiger partial charge in [0.25, 0.3) is 0 Å². The first-order valence-electron chi connectivity index (χ1n) is 5.00. The molecule has 0 saturated carbocycles. The molecule has 0 aliphatic carbocycles. The van der Waals surface area contributed by atoms with Crippen LogP contribution in [0.25, 0.3) is 0 Å². The van der Waals surface area contributed by atoms with Gasteiger partial charge in [-0.15, -0.1) is 12.4 Å². The summed E-state index contributed by atoms with van der Waals surface area (Å²) in [6.45, 7) is 7.61. The van der Waals surface area contributed by atoms with Gasteiger partial charge in [-0.05, 0) is 19.4 Å². The van der Waals surface area contributed by atoms with E-state index in [-0.39, 0.29) is 12.4 Å². The van der Waals surface area contributed by atoms with Crippen LogP contribution in [0, 0.1) is 6.92 Å². The number of nitrogens with one attached hydrogen (secondary N) is 1. The Morgan fingerprint density at radius 2 is 2.27 bits per heavy atom. The highest BCUT2D eigenvalue weighted by Crippen LogP contribution is 2.06. The maximum absolute atomic E-state index is 4.96. The molecule has 0 fully saturated rings. The smallest absolute Gasteiger partial charge is 0.0587 e. The largest absolute Gasteiger partial charge is 0.383 e. The minimum absolute atomic E-state index is 0. The fraction of sp³-hybridized carbons (Fsp3) is 0.700. The maximum Gasteiger partial charge on any atom is 0.0587 e. The Balaban J connectivity index is 0.00000196. The van der Waals surface area contributed by atoms with Crippen LogP contribution >= 0.6 is 12.4 Å². The number of aromatic nitrogens is 2. The molecule has 0 aliphatic heterocycles. The highest BCUT2D eigenvalue weighted by Gasteiger charge is 2.04. The Hall–Kier alpha value is -0.580. The van der Waals surface area contributed by atoms with Crippen LogP contribution in [0.2, 0.25) is 0 Å². The fourth-order valence-electron chi connectivity index (χ4n) is 1.39. The molecule has 1 heterocycles. The van der Waals surface area contributed by atoms with Gasteiger partial charge in [0.2, 0.25) is 0 Å². The Bertz CT molecular complexity index is 276. The maximum atomic E-state index is 4.96. The third-order valence-electron chi connectivity index (χ3n) is 2.23. The number of nitrogens with zero attached hydrogens (tertiary/aromatic N) is 2. The predicted molar refractivity (Wildman–Crippen MR) is 63.5 cm³/mol. The van der Waals surface area contributed by atoms with Gasteiger partial charge in [0, 0.05) is 26.7 Å². The molecule has 0 unspecified atom stereocenters. The predicted octanol–water partition coefficient (Wildman–Crippen LogP) is 1.37. The molecule has 0 radical (unpaired) electrons. The zero-order valence-electron chi connectivity index (χ0n) is 9.62. The van der Waals surface area contributed by atoms with E-state index in [1.54, 1.807) is 7.11 Å². The standard InChI is InChI=1S/C10H19N3O.ClH/c1-4-13-10(9(2)7-12-13)8-11-5-6-14-3;/h7,11H,4-6,8H2,1-3H3;1H. The molecule has 15 heavy (non-hydrogen) atoms. The molecule has 0 spiro atoms. The van der Waals surface area contributed by atoms with Crippen LogP contribution in [0.4, 0.5) is 0 Å². The van der Waals surface area contributed by atoms with Gasteiger partial charge in [-0.3, -0.25) is 4.68 Å². The fourth-order valence-corrected chi connectivity index (χ4v) is 1.39. The first-order chi connectivity index (χ1) is 6.79. The lowest BCUT2D eigenvalue weighted by atomic mass is 10.3. The van der Waals surface area contributed by atoms with Gasteiger partial charge in [-0.1, -0.05) is 0 Å². The Morgan fingerprint density at radius 3 is 2.87 bits per heavy atom. The quantitative estimate of drug-likeness (QED) is 0.755. The second-order valence-electron chi connectivity index (χ2n) is 3.26. The normalized spacial score (nSPS) is 10.1. The lowest BCUT2D eigenvalue weighted by Gasteiger charge is -2.07. The first kappa shape index (κ1) is 14.4. The second kappa shape index (κ2) is 7.68. The molecule has 0 atom stereocenters. The van der Waals surface area contributed by atoms with E-state index in [1.165, 1.54) is 11.3 Å². The van der Waals surface area contributed by atoms with E-state index in [0.29, 0.717) is 0 Å². The van der Waals surface area contributed by atoms with Crippen molar-refractivity contribution in [2.24, 2.45) is 0 Å². The van der Waals surface area contributed by atoms with Crippen molar-refractivity contribution in [1.82, 2.24) is 15.1 Å². The highest BCUT2D eigenvalue weighted by atomic mass is 35.5. The lowest BCUT2D eigenvalue weighted by Crippen LogP contribution is -2.21. The molecule has 1 aromatic rings. The number of halogens is 1. The SMILES string of the molecule is CCn1ncc(C)c1CNCCOC.Cl. The van der Waals surface area contributed by atoms with E-state index < -0.39 is 0 Å². The average Bonchev–Trinajstić information content (AvgIpc) is 2.55. The van der Waals surface area contributed by atoms with Crippen molar-refractivity contribution in [3.05, 3.63) is 17.5 Å². The van der Waals surface area contributed by atoms with E-state index in [1.807, 2.05) is 10.9 Å². The Labute approximate surface area is 97.4 Å². The summed E-state index contributed by atoms with van der Waals surface area (Å²) < 4.78 is 6.99. The van der Waals surface area contributed by atoms with Crippen molar-refractivity contribution in [2.75, 3.05) is 20.3 Å². The molecule has 0 aromatic carbocycles. The molecule has 4 nitrogen and oxygen atoms in total. The number of hydrogen-bond acceptors (Lipinski definition) is 3. The van der Waals surface area contributed by atoms with Gasteiger partial charge in [-0.2, -0.15) is 5.10 Å². The molecule has 0 saturated heterocycles. The second-order valence-corrected chi connectivity index (χ2v) is 3.26. The molecule has 88 valence electrons. The summed E-state index contributed by atoms with van der Waals surface area (Å²) in [6, 6.07) is 0. The summed E-state index contributed by atoms with van der Waals surface area (Å²) in [5, 5.41) is 7.60. The van der Waals surface area contributed by atoms with E-state index in [4.69, 9.17) is 4.74 Å². The number of methoxy groups -OCH3 is 1. The van der Waals surface area contributed by atoms with Crippen molar-refractivity contribution in [1.29, 1.82) is 0 Å². The lowest BCUT2D eigenvalue weighted by molar-refractivity contribution is 0.199. The van der Waals surface area contributed by atoms with Crippen molar-refractivity contribution in [2.45, 2.75) is 26.9 Å². The van der Waals surface area contributed by atoms with Crippen LogP contribution < -0.4 is 5.32 Å². The van der Waals surface area contributed by atoms with Gasteiger partial charge in [-0.25, -0.2) is 0 Å². The van der Waals surface area contributed by atoms with Gasteiger partial charge < -0.3 is 10.1 Å². The van der Waals surface area contributed by atoms with E-state index in [0.717, 1.165) is 26.2 Å². The van der Waals surface area contributed by atoms with Crippen molar-refractivity contribution in [3.8, 4) is 0 Å². The third kappa shape index (κ3) is 4.20. The van der Waals surface area contributed by atoms with Gasteiger partial charge >= 0.3 is 0 Å². The van der Waals surface area contributed by atoms with Gasteiger partial charge in [0.1, 0.15) is 0 Å².